The monoisotopic (exact) mass is 466 g/mol. The summed E-state index contributed by atoms with van der Waals surface area (Å²) in [6.07, 6.45) is -1.85. The molecule has 0 radical (unpaired) electrons. The molecule has 170 valence electrons. The number of fused-ring (bicyclic) bond motifs is 1. The minimum atomic E-state index is -4.55. The predicted molar refractivity (Wildman–Crippen MR) is 114 cm³/mol. The van der Waals surface area contributed by atoms with Crippen molar-refractivity contribution in [1.82, 2.24) is 9.88 Å². The van der Waals surface area contributed by atoms with Gasteiger partial charge in [-0.2, -0.15) is 13.2 Å². The van der Waals surface area contributed by atoms with Crippen LogP contribution >= 0.6 is 11.6 Å². The van der Waals surface area contributed by atoms with Gasteiger partial charge in [0.15, 0.2) is 0 Å². The molecule has 2 aromatic rings. The van der Waals surface area contributed by atoms with Crippen LogP contribution in [0.5, 0.6) is 5.75 Å². The van der Waals surface area contributed by atoms with Gasteiger partial charge >= 0.3 is 12.1 Å². The van der Waals surface area contributed by atoms with E-state index in [0.29, 0.717) is 18.8 Å². The highest BCUT2D eigenvalue weighted by molar-refractivity contribution is 6.31. The average molecular weight is 467 g/mol. The summed E-state index contributed by atoms with van der Waals surface area (Å²) in [4.78, 5) is 17.1. The molecule has 4 rings (SSSR count). The largest absolute Gasteiger partial charge is 0.487 e. The van der Waals surface area contributed by atoms with Crippen molar-refractivity contribution in [3.8, 4) is 5.75 Å². The molecular weight excluding hydrogens is 445 g/mol. The van der Waals surface area contributed by atoms with Crippen LogP contribution in [0.3, 0.4) is 0 Å². The third-order valence-corrected chi connectivity index (χ3v) is 6.33. The van der Waals surface area contributed by atoms with Crippen molar-refractivity contribution in [2.24, 2.45) is 5.92 Å². The van der Waals surface area contributed by atoms with Crippen molar-refractivity contribution >= 4 is 23.1 Å². The molecule has 1 N–H and O–H groups in total. The maximum atomic E-state index is 13.0. The molecule has 0 spiro atoms. The van der Waals surface area contributed by atoms with Gasteiger partial charge in [0.25, 0.3) is 0 Å². The SMILES string of the molecule is CC1=C(CN2CC(C(=O)O)C2)CCc2cc(OCc3cc(C(F)(F)F)c(Cl)cn3)ccc21. The van der Waals surface area contributed by atoms with Gasteiger partial charge in [-0.25, -0.2) is 0 Å². The van der Waals surface area contributed by atoms with Crippen LogP contribution in [-0.4, -0.2) is 40.6 Å². The van der Waals surface area contributed by atoms with Crippen molar-refractivity contribution in [1.29, 1.82) is 0 Å². The fourth-order valence-corrected chi connectivity index (χ4v) is 4.36. The van der Waals surface area contributed by atoms with Crippen molar-refractivity contribution in [3.63, 3.8) is 0 Å². The van der Waals surface area contributed by atoms with Crippen LogP contribution < -0.4 is 4.74 Å². The maximum Gasteiger partial charge on any atom is 0.417 e. The number of halogens is 4. The number of nitrogens with zero attached hydrogens (tertiary/aromatic N) is 2. The second-order valence-corrected chi connectivity index (χ2v) is 8.63. The standard InChI is InChI=1S/C23H22ClF3N2O3/c1-13-15(9-29-10-16(11-29)22(30)31)3-2-14-6-18(4-5-19(13)14)32-12-17-7-20(23(25,26)27)21(24)8-28-17/h4-8,16H,2-3,9-12H2,1H3,(H,30,31). The smallest absolute Gasteiger partial charge is 0.417 e. The van der Waals surface area contributed by atoms with Crippen LogP contribution in [0.2, 0.25) is 5.02 Å². The normalized spacial score (nSPS) is 17.2. The molecule has 1 aliphatic carbocycles. The van der Waals surface area contributed by atoms with Crippen LogP contribution in [0.25, 0.3) is 5.57 Å². The van der Waals surface area contributed by atoms with Crippen molar-refractivity contribution in [2.45, 2.75) is 32.5 Å². The summed E-state index contributed by atoms with van der Waals surface area (Å²) in [5.41, 5.74) is 3.95. The van der Waals surface area contributed by atoms with Gasteiger partial charge in [-0.1, -0.05) is 23.2 Å². The zero-order valence-corrected chi connectivity index (χ0v) is 18.1. The van der Waals surface area contributed by atoms with E-state index >= 15 is 0 Å². The number of carbonyl (C=O) groups is 1. The third kappa shape index (κ3) is 4.76. The van der Waals surface area contributed by atoms with Crippen LogP contribution in [0.4, 0.5) is 13.2 Å². The molecule has 1 aromatic heterocycles. The lowest BCUT2D eigenvalue weighted by Crippen LogP contribution is -2.50. The lowest BCUT2D eigenvalue weighted by atomic mass is 9.85. The summed E-state index contributed by atoms with van der Waals surface area (Å²) in [7, 11) is 0. The maximum absolute atomic E-state index is 13.0. The van der Waals surface area contributed by atoms with E-state index in [1.807, 2.05) is 12.1 Å². The molecule has 2 heterocycles. The number of aromatic nitrogens is 1. The number of aryl methyl sites for hydroxylation is 1. The zero-order chi connectivity index (χ0) is 23.0. The van der Waals surface area contributed by atoms with Gasteiger partial charge in [0, 0.05) is 25.8 Å². The lowest BCUT2D eigenvalue weighted by molar-refractivity contribution is -0.147. The highest BCUT2D eigenvalue weighted by Gasteiger charge is 2.34. The quantitative estimate of drug-likeness (QED) is 0.644. The Labute approximate surface area is 188 Å². The topological polar surface area (TPSA) is 62.7 Å². The number of hydrogen-bond acceptors (Lipinski definition) is 4. The molecule has 0 bridgehead atoms. The summed E-state index contributed by atoms with van der Waals surface area (Å²) in [6, 6.07) is 6.59. The Kier molecular flexibility index (Phi) is 6.18. The average Bonchev–Trinajstić information content (AvgIpc) is 2.70. The number of aliphatic carboxylic acids is 1. The summed E-state index contributed by atoms with van der Waals surface area (Å²) in [6.45, 7) is 3.91. The Balaban J connectivity index is 1.42. The minimum absolute atomic E-state index is 0.0984. The fraction of sp³-hybridized carbons (Fsp3) is 0.391. The Morgan fingerprint density at radius 3 is 2.72 bits per heavy atom. The van der Waals surface area contributed by atoms with E-state index in [0.717, 1.165) is 42.8 Å². The van der Waals surface area contributed by atoms with Gasteiger partial charge in [-0.05, 0) is 54.7 Å². The number of ether oxygens (including phenoxy) is 1. The number of alkyl halides is 3. The third-order valence-electron chi connectivity index (χ3n) is 6.03. The molecular formula is C23H22ClF3N2O3. The Morgan fingerprint density at radius 1 is 1.28 bits per heavy atom. The molecule has 1 fully saturated rings. The zero-order valence-electron chi connectivity index (χ0n) is 17.4. The van der Waals surface area contributed by atoms with Gasteiger partial charge in [-0.3, -0.25) is 14.7 Å². The number of benzene rings is 1. The Bertz CT molecular complexity index is 1080. The molecule has 0 saturated carbocycles. The van der Waals surface area contributed by atoms with Gasteiger partial charge < -0.3 is 9.84 Å². The number of carboxylic acids is 1. The van der Waals surface area contributed by atoms with Crippen molar-refractivity contribution in [2.75, 3.05) is 19.6 Å². The number of hydrogen-bond donors (Lipinski definition) is 1. The Hall–Kier alpha value is -2.58. The summed E-state index contributed by atoms with van der Waals surface area (Å²) in [5.74, 6) is -0.442. The van der Waals surface area contributed by atoms with E-state index in [1.165, 1.54) is 11.1 Å². The van der Waals surface area contributed by atoms with E-state index < -0.39 is 22.7 Å². The van der Waals surface area contributed by atoms with Crippen molar-refractivity contribution < 1.29 is 27.8 Å². The molecule has 2 aliphatic rings. The number of carboxylic acid groups (broad SMARTS) is 1. The number of rotatable bonds is 6. The van der Waals surface area contributed by atoms with E-state index in [4.69, 9.17) is 21.4 Å². The van der Waals surface area contributed by atoms with E-state index in [1.54, 1.807) is 6.07 Å². The summed E-state index contributed by atoms with van der Waals surface area (Å²) in [5, 5.41) is 8.59. The van der Waals surface area contributed by atoms with Crippen LogP contribution in [0, 0.1) is 5.92 Å². The van der Waals surface area contributed by atoms with Gasteiger partial charge in [-0.15, -0.1) is 0 Å². The molecule has 9 heteroatoms. The first-order valence-electron chi connectivity index (χ1n) is 10.2. The van der Waals surface area contributed by atoms with Gasteiger partial charge in [0.2, 0.25) is 0 Å². The molecule has 0 atom stereocenters. The predicted octanol–water partition coefficient (Wildman–Crippen LogP) is 5.07. The van der Waals surface area contributed by atoms with Crippen LogP contribution in [-0.2, 0) is 24.0 Å². The first-order valence-corrected chi connectivity index (χ1v) is 10.6. The summed E-state index contributed by atoms with van der Waals surface area (Å²) >= 11 is 5.61. The van der Waals surface area contributed by atoms with Crippen LogP contribution in [0.1, 0.15) is 35.7 Å². The first kappa shape index (κ1) is 22.6. The first-order chi connectivity index (χ1) is 15.1. The number of pyridine rings is 1. The van der Waals surface area contributed by atoms with Gasteiger partial charge in [0.1, 0.15) is 12.4 Å². The molecule has 0 unspecified atom stereocenters. The molecule has 1 aliphatic heterocycles. The van der Waals surface area contributed by atoms with Crippen LogP contribution in [0.15, 0.2) is 36.0 Å². The van der Waals surface area contributed by atoms with E-state index in [-0.39, 0.29) is 18.2 Å². The second-order valence-electron chi connectivity index (χ2n) is 8.22. The molecule has 1 aromatic carbocycles. The fourth-order valence-electron chi connectivity index (χ4n) is 4.15. The van der Waals surface area contributed by atoms with E-state index in [9.17, 15) is 18.0 Å². The molecule has 1 saturated heterocycles. The lowest BCUT2D eigenvalue weighted by Gasteiger charge is -2.38. The number of likely N-dealkylation sites (tertiary alicyclic amines) is 1. The number of allylic oxidation sites excluding steroid dienone is 1. The van der Waals surface area contributed by atoms with Crippen molar-refractivity contribution in [3.05, 3.63) is 63.4 Å². The second kappa shape index (κ2) is 8.75. The molecule has 0 amide bonds. The molecule has 32 heavy (non-hydrogen) atoms. The highest BCUT2D eigenvalue weighted by atomic mass is 35.5. The highest BCUT2D eigenvalue weighted by Crippen LogP contribution is 2.36. The van der Waals surface area contributed by atoms with Gasteiger partial charge in [0.05, 0.1) is 22.2 Å². The molecule has 5 nitrogen and oxygen atoms in total. The Morgan fingerprint density at radius 2 is 2.03 bits per heavy atom. The van der Waals surface area contributed by atoms with E-state index in [2.05, 4.69) is 16.8 Å². The minimum Gasteiger partial charge on any atom is -0.487 e. The summed E-state index contributed by atoms with van der Waals surface area (Å²) < 4.78 is 44.8.